The van der Waals surface area contributed by atoms with Crippen LogP contribution in [0.15, 0.2) is 4.99 Å². The molecule has 13 heavy (non-hydrogen) atoms. The highest BCUT2D eigenvalue weighted by Gasteiger charge is 2.18. The molecule has 0 aliphatic carbocycles. The number of carboxylic acids is 1. The van der Waals surface area contributed by atoms with Gasteiger partial charge >= 0.3 is 5.97 Å². The molecule has 0 spiro atoms. The van der Waals surface area contributed by atoms with Gasteiger partial charge in [-0.05, 0) is 25.2 Å². The summed E-state index contributed by atoms with van der Waals surface area (Å²) in [6.45, 7) is 2.90. The molecule has 1 aliphatic rings. The summed E-state index contributed by atoms with van der Waals surface area (Å²) in [5, 5.41) is 8.67. The van der Waals surface area contributed by atoms with Gasteiger partial charge in [-0.2, -0.15) is 0 Å². The highest BCUT2D eigenvalue weighted by atomic mass is 16.4. The number of aliphatic carboxylic acids is 1. The Morgan fingerprint density at radius 2 is 2.46 bits per heavy atom. The molecule has 1 unspecified atom stereocenters. The first-order valence-electron chi connectivity index (χ1n) is 5.00. The minimum atomic E-state index is -0.839. The topological polar surface area (TPSA) is 49.7 Å². The Hall–Kier alpha value is -0.860. The van der Waals surface area contributed by atoms with Crippen LogP contribution >= 0.6 is 0 Å². The maximum absolute atomic E-state index is 10.5. The van der Waals surface area contributed by atoms with Crippen molar-refractivity contribution in [3.05, 3.63) is 0 Å². The molecule has 0 fully saturated rings. The SMILES string of the molecule is CCCCC1CCC(C(=O)O)=NC1. The lowest BCUT2D eigenvalue weighted by Crippen LogP contribution is -2.22. The first-order chi connectivity index (χ1) is 6.24. The normalized spacial score (nSPS) is 22.5. The zero-order chi connectivity index (χ0) is 9.68. The molecule has 1 heterocycles. The zero-order valence-corrected chi connectivity index (χ0v) is 8.12. The van der Waals surface area contributed by atoms with Crippen molar-refractivity contribution in [3.63, 3.8) is 0 Å². The summed E-state index contributed by atoms with van der Waals surface area (Å²) >= 11 is 0. The van der Waals surface area contributed by atoms with Crippen LogP contribution in [0.5, 0.6) is 0 Å². The van der Waals surface area contributed by atoms with Crippen LogP contribution in [0, 0.1) is 5.92 Å². The first kappa shape index (κ1) is 10.2. The summed E-state index contributed by atoms with van der Waals surface area (Å²) in [6.07, 6.45) is 5.32. The van der Waals surface area contributed by atoms with Crippen molar-refractivity contribution in [1.29, 1.82) is 0 Å². The number of nitrogens with zero attached hydrogens (tertiary/aromatic N) is 1. The Kier molecular flexibility index (Phi) is 3.93. The molecular weight excluding hydrogens is 166 g/mol. The van der Waals surface area contributed by atoms with Gasteiger partial charge in [-0.1, -0.05) is 19.8 Å². The van der Waals surface area contributed by atoms with Crippen molar-refractivity contribution < 1.29 is 9.90 Å². The van der Waals surface area contributed by atoms with E-state index in [9.17, 15) is 4.79 Å². The van der Waals surface area contributed by atoms with Crippen LogP contribution in [0.4, 0.5) is 0 Å². The summed E-state index contributed by atoms with van der Waals surface area (Å²) in [4.78, 5) is 14.6. The largest absolute Gasteiger partial charge is 0.477 e. The van der Waals surface area contributed by atoms with Gasteiger partial charge in [0, 0.05) is 6.54 Å². The fourth-order valence-electron chi connectivity index (χ4n) is 1.65. The van der Waals surface area contributed by atoms with Gasteiger partial charge in [0.05, 0.1) is 0 Å². The molecule has 3 nitrogen and oxygen atoms in total. The third kappa shape index (κ3) is 3.17. The van der Waals surface area contributed by atoms with Gasteiger partial charge in [-0.3, -0.25) is 4.99 Å². The minimum absolute atomic E-state index is 0.368. The van der Waals surface area contributed by atoms with E-state index >= 15 is 0 Å². The quantitative estimate of drug-likeness (QED) is 0.725. The molecular formula is C10H17NO2. The predicted octanol–water partition coefficient (Wildman–Crippen LogP) is 2.11. The third-order valence-corrected chi connectivity index (χ3v) is 2.54. The van der Waals surface area contributed by atoms with E-state index in [-0.39, 0.29) is 0 Å². The van der Waals surface area contributed by atoms with Crippen molar-refractivity contribution in [2.24, 2.45) is 10.9 Å². The molecule has 0 saturated carbocycles. The third-order valence-electron chi connectivity index (χ3n) is 2.54. The standard InChI is InChI=1S/C10H17NO2/c1-2-3-4-8-5-6-9(10(12)13)11-7-8/h8H,2-7H2,1H3,(H,12,13). The molecule has 0 bridgehead atoms. The van der Waals surface area contributed by atoms with Gasteiger partial charge < -0.3 is 5.11 Å². The lowest BCUT2D eigenvalue weighted by molar-refractivity contribution is -0.129. The zero-order valence-electron chi connectivity index (χ0n) is 8.12. The van der Waals surface area contributed by atoms with E-state index < -0.39 is 5.97 Å². The van der Waals surface area contributed by atoms with E-state index in [1.807, 2.05) is 0 Å². The molecule has 0 aromatic carbocycles. The maximum atomic E-state index is 10.5. The first-order valence-corrected chi connectivity index (χ1v) is 5.00. The van der Waals surface area contributed by atoms with Crippen molar-refractivity contribution >= 4 is 11.7 Å². The van der Waals surface area contributed by atoms with E-state index in [2.05, 4.69) is 11.9 Å². The van der Waals surface area contributed by atoms with E-state index in [1.54, 1.807) is 0 Å². The average Bonchev–Trinajstić information content (AvgIpc) is 2.15. The van der Waals surface area contributed by atoms with Gasteiger partial charge in [0.15, 0.2) is 0 Å². The van der Waals surface area contributed by atoms with Gasteiger partial charge in [0.2, 0.25) is 0 Å². The number of aliphatic imine (C=N–C) groups is 1. The molecule has 0 saturated heterocycles. The Balaban J connectivity index is 2.33. The summed E-state index contributed by atoms with van der Waals surface area (Å²) in [5.74, 6) is -0.211. The molecule has 1 N–H and O–H groups in total. The van der Waals surface area contributed by atoms with Crippen LogP contribution in [-0.4, -0.2) is 23.3 Å². The molecule has 1 rings (SSSR count). The van der Waals surface area contributed by atoms with Gasteiger partial charge in [-0.15, -0.1) is 0 Å². The van der Waals surface area contributed by atoms with Gasteiger partial charge in [0.25, 0.3) is 0 Å². The van der Waals surface area contributed by atoms with Crippen molar-refractivity contribution in [1.82, 2.24) is 0 Å². The number of carbonyl (C=O) groups is 1. The molecule has 0 radical (unpaired) electrons. The van der Waals surface area contributed by atoms with Crippen molar-refractivity contribution in [3.8, 4) is 0 Å². The lowest BCUT2D eigenvalue weighted by Gasteiger charge is -2.18. The number of rotatable bonds is 4. The number of hydrogen-bond donors (Lipinski definition) is 1. The van der Waals surface area contributed by atoms with Gasteiger partial charge in [-0.25, -0.2) is 4.79 Å². The Morgan fingerprint density at radius 3 is 2.92 bits per heavy atom. The molecule has 0 aromatic rings. The molecule has 3 heteroatoms. The number of hydrogen-bond acceptors (Lipinski definition) is 2. The Bertz CT molecular complexity index is 211. The molecule has 0 aromatic heterocycles. The average molecular weight is 183 g/mol. The highest BCUT2D eigenvalue weighted by Crippen LogP contribution is 2.19. The van der Waals surface area contributed by atoms with Crippen LogP contribution in [0.25, 0.3) is 0 Å². The second-order valence-corrected chi connectivity index (χ2v) is 3.64. The van der Waals surface area contributed by atoms with Crippen molar-refractivity contribution in [2.75, 3.05) is 6.54 Å². The maximum Gasteiger partial charge on any atom is 0.349 e. The van der Waals surface area contributed by atoms with E-state index in [0.29, 0.717) is 18.1 Å². The number of unbranched alkanes of at least 4 members (excludes halogenated alkanes) is 1. The molecule has 1 aliphatic heterocycles. The summed E-state index contributed by atoms with van der Waals surface area (Å²) < 4.78 is 0. The summed E-state index contributed by atoms with van der Waals surface area (Å²) in [6, 6.07) is 0. The van der Waals surface area contributed by atoms with E-state index in [1.165, 1.54) is 19.3 Å². The Morgan fingerprint density at radius 1 is 1.69 bits per heavy atom. The summed E-state index contributed by atoms with van der Waals surface area (Å²) in [7, 11) is 0. The summed E-state index contributed by atoms with van der Waals surface area (Å²) in [5.41, 5.74) is 0.368. The second-order valence-electron chi connectivity index (χ2n) is 3.64. The molecule has 74 valence electrons. The smallest absolute Gasteiger partial charge is 0.349 e. The van der Waals surface area contributed by atoms with Crippen LogP contribution in [0.2, 0.25) is 0 Å². The highest BCUT2D eigenvalue weighted by molar-refractivity contribution is 6.35. The van der Waals surface area contributed by atoms with Crippen molar-refractivity contribution in [2.45, 2.75) is 39.0 Å². The van der Waals surface area contributed by atoms with Crippen LogP contribution < -0.4 is 0 Å². The van der Waals surface area contributed by atoms with Crippen LogP contribution in [0.3, 0.4) is 0 Å². The van der Waals surface area contributed by atoms with Gasteiger partial charge in [0.1, 0.15) is 5.71 Å². The van der Waals surface area contributed by atoms with E-state index in [4.69, 9.17) is 5.11 Å². The fourth-order valence-corrected chi connectivity index (χ4v) is 1.65. The number of carboxylic acid groups (broad SMARTS) is 1. The Labute approximate surface area is 78.9 Å². The second kappa shape index (κ2) is 5.00. The lowest BCUT2D eigenvalue weighted by atomic mass is 9.93. The minimum Gasteiger partial charge on any atom is -0.477 e. The van der Waals surface area contributed by atoms with Crippen LogP contribution in [0.1, 0.15) is 39.0 Å². The van der Waals surface area contributed by atoms with E-state index in [0.717, 1.165) is 13.0 Å². The van der Waals surface area contributed by atoms with Crippen LogP contribution in [-0.2, 0) is 4.79 Å². The fraction of sp³-hybridized carbons (Fsp3) is 0.800. The molecule has 0 amide bonds. The monoisotopic (exact) mass is 183 g/mol. The predicted molar refractivity (Wildman–Crippen MR) is 52.2 cm³/mol. The molecule has 1 atom stereocenters.